The molecule has 1 unspecified atom stereocenters. The molecule has 124 valence electrons. The third-order valence-corrected chi connectivity index (χ3v) is 5.15. The molecule has 0 aromatic heterocycles. The SMILES string of the molecule is CC(CC(C)(C)c1ccccc1)NC1CCN(C(C)C)CC1. The topological polar surface area (TPSA) is 15.3 Å². The van der Waals surface area contributed by atoms with Crippen LogP contribution in [0.2, 0.25) is 0 Å². The largest absolute Gasteiger partial charge is 0.311 e. The van der Waals surface area contributed by atoms with E-state index in [1.165, 1.54) is 37.9 Å². The van der Waals surface area contributed by atoms with Crippen LogP contribution in [0.15, 0.2) is 30.3 Å². The Kier molecular flexibility index (Phi) is 6.05. The van der Waals surface area contributed by atoms with Crippen LogP contribution < -0.4 is 5.32 Å². The molecule has 1 saturated heterocycles. The van der Waals surface area contributed by atoms with Gasteiger partial charge >= 0.3 is 0 Å². The molecular weight excluding hydrogens is 268 g/mol. The van der Waals surface area contributed by atoms with E-state index >= 15 is 0 Å². The molecule has 2 nitrogen and oxygen atoms in total. The lowest BCUT2D eigenvalue weighted by Crippen LogP contribution is -2.48. The third kappa shape index (κ3) is 4.82. The normalized spacial score (nSPS) is 19.5. The van der Waals surface area contributed by atoms with Gasteiger partial charge in [0.05, 0.1) is 0 Å². The summed E-state index contributed by atoms with van der Waals surface area (Å²) >= 11 is 0. The van der Waals surface area contributed by atoms with Crippen molar-refractivity contribution in [3.8, 4) is 0 Å². The third-order valence-electron chi connectivity index (χ3n) is 5.15. The van der Waals surface area contributed by atoms with Crippen molar-refractivity contribution in [2.24, 2.45) is 0 Å². The van der Waals surface area contributed by atoms with E-state index in [-0.39, 0.29) is 5.41 Å². The number of benzene rings is 1. The molecule has 22 heavy (non-hydrogen) atoms. The van der Waals surface area contributed by atoms with Crippen LogP contribution in [0.25, 0.3) is 0 Å². The van der Waals surface area contributed by atoms with Crippen molar-refractivity contribution in [1.29, 1.82) is 0 Å². The van der Waals surface area contributed by atoms with Crippen LogP contribution in [-0.2, 0) is 5.41 Å². The smallest absolute Gasteiger partial charge is 0.00938 e. The van der Waals surface area contributed by atoms with E-state index in [4.69, 9.17) is 0 Å². The van der Waals surface area contributed by atoms with Gasteiger partial charge in [-0.25, -0.2) is 0 Å². The molecule has 1 heterocycles. The second-order valence-electron chi connectivity index (χ2n) is 7.93. The quantitative estimate of drug-likeness (QED) is 0.847. The second-order valence-corrected chi connectivity index (χ2v) is 7.93. The van der Waals surface area contributed by atoms with Gasteiger partial charge in [0.2, 0.25) is 0 Å². The fourth-order valence-electron chi connectivity index (χ4n) is 3.82. The fraction of sp³-hybridized carbons (Fsp3) is 0.700. The van der Waals surface area contributed by atoms with Crippen LogP contribution in [0.3, 0.4) is 0 Å². The van der Waals surface area contributed by atoms with Gasteiger partial charge in [-0.2, -0.15) is 0 Å². The Morgan fingerprint density at radius 3 is 2.23 bits per heavy atom. The number of hydrogen-bond donors (Lipinski definition) is 1. The summed E-state index contributed by atoms with van der Waals surface area (Å²) in [6.07, 6.45) is 3.75. The first-order chi connectivity index (χ1) is 10.4. The van der Waals surface area contributed by atoms with Crippen LogP contribution in [0, 0.1) is 0 Å². The molecule has 0 amide bonds. The van der Waals surface area contributed by atoms with Crippen molar-refractivity contribution in [3.63, 3.8) is 0 Å². The first-order valence-corrected chi connectivity index (χ1v) is 8.94. The van der Waals surface area contributed by atoms with E-state index in [9.17, 15) is 0 Å². The predicted molar refractivity (Wildman–Crippen MR) is 96.4 cm³/mol. The molecular formula is C20H34N2. The lowest BCUT2D eigenvalue weighted by molar-refractivity contribution is 0.155. The van der Waals surface area contributed by atoms with Crippen molar-refractivity contribution in [1.82, 2.24) is 10.2 Å². The van der Waals surface area contributed by atoms with E-state index in [0.717, 1.165) is 0 Å². The summed E-state index contributed by atoms with van der Waals surface area (Å²) in [6, 6.07) is 12.9. The summed E-state index contributed by atoms with van der Waals surface area (Å²) in [5.41, 5.74) is 1.67. The van der Waals surface area contributed by atoms with Gasteiger partial charge in [-0.15, -0.1) is 0 Å². The number of nitrogens with zero attached hydrogens (tertiary/aromatic N) is 1. The molecule has 2 heteroatoms. The van der Waals surface area contributed by atoms with Gasteiger partial charge in [-0.1, -0.05) is 44.2 Å². The van der Waals surface area contributed by atoms with Crippen molar-refractivity contribution in [2.45, 2.75) is 77.4 Å². The second kappa shape index (κ2) is 7.61. The maximum absolute atomic E-state index is 3.88. The number of piperidine rings is 1. The number of rotatable bonds is 6. The highest BCUT2D eigenvalue weighted by molar-refractivity contribution is 5.23. The molecule has 0 aliphatic carbocycles. The Labute approximate surface area is 137 Å². The summed E-state index contributed by atoms with van der Waals surface area (Å²) in [7, 11) is 0. The molecule has 1 atom stereocenters. The average molecular weight is 303 g/mol. The first-order valence-electron chi connectivity index (χ1n) is 8.94. The average Bonchev–Trinajstić information content (AvgIpc) is 2.48. The number of nitrogens with one attached hydrogen (secondary N) is 1. The maximum atomic E-state index is 3.88. The van der Waals surface area contributed by atoms with Crippen LogP contribution in [-0.4, -0.2) is 36.1 Å². The molecule has 2 rings (SSSR count). The van der Waals surface area contributed by atoms with Gasteiger partial charge in [0.15, 0.2) is 0 Å². The maximum Gasteiger partial charge on any atom is 0.00938 e. The fourth-order valence-corrected chi connectivity index (χ4v) is 3.82. The number of hydrogen-bond acceptors (Lipinski definition) is 2. The summed E-state index contributed by atoms with van der Waals surface area (Å²) in [6.45, 7) is 14.2. The lowest BCUT2D eigenvalue weighted by atomic mass is 9.79. The molecule has 1 aromatic carbocycles. The summed E-state index contributed by atoms with van der Waals surface area (Å²) < 4.78 is 0. The highest BCUT2D eigenvalue weighted by Crippen LogP contribution is 2.28. The Bertz CT molecular complexity index is 430. The first kappa shape index (κ1) is 17.5. The van der Waals surface area contributed by atoms with Gasteiger partial charge in [-0.3, -0.25) is 0 Å². The van der Waals surface area contributed by atoms with Crippen LogP contribution in [0.1, 0.15) is 59.4 Å². The molecule has 0 bridgehead atoms. The zero-order valence-electron chi connectivity index (χ0n) is 15.1. The van der Waals surface area contributed by atoms with Gasteiger partial charge in [0.25, 0.3) is 0 Å². The molecule has 1 aliphatic rings. The molecule has 0 radical (unpaired) electrons. The Hall–Kier alpha value is -0.860. The zero-order chi connectivity index (χ0) is 16.2. The van der Waals surface area contributed by atoms with Crippen molar-refractivity contribution < 1.29 is 0 Å². The van der Waals surface area contributed by atoms with Gasteiger partial charge in [-0.05, 0) is 64.1 Å². The highest BCUT2D eigenvalue weighted by Gasteiger charge is 2.26. The minimum atomic E-state index is 0.228. The van der Waals surface area contributed by atoms with Crippen LogP contribution in [0.5, 0.6) is 0 Å². The number of likely N-dealkylation sites (tertiary alicyclic amines) is 1. The van der Waals surface area contributed by atoms with E-state index < -0.39 is 0 Å². The van der Waals surface area contributed by atoms with E-state index in [0.29, 0.717) is 18.1 Å². The highest BCUT2D eigenvalue weighted by atomic mass is 15.2. The molecule has 1 aromatic rings. The molecule has 1 aliphatic heterocycles. The van der Waals surface area contributed by atoms with Crippen molar-refractivity contribution >= 4 is 0 Å². The van der Waals surface area contributed by atoms with Crippen molar-refractivity contribution in [2.75, 3.05) is 13.1 Å². The summed E-state index contributed by atoms with van der Waals surface area (Å²) in [5.74, 6) is 0. The van der Waals surface area contributed by atoms with Crippen molar-refractivity contribution in [3.05, 3.63) is 35.9 Å². The van der Waals surface area contributed by atoms with Gasteiger partial charge in [0.1, 0.15) is 0 Å². The van der Waals surface area contributed by atoms with E-state index in [1.807, 2.05) is 0 Å². The van der Waals surface area contributed by atoms with Crippen LogP contribution in [0.4, 0.5) is 0 Å². The molecule has 0 saturated carbocycles. The minimum absolute atomic E-state index is 0.228. The van der Waals surface area contributed by atoms with Gasteiger partial charge < -0.3 is 10.2 Å². The molecule has 1 N–H and O–H groups in total. The van der Waals surface area contributed by atoms with E-state index in [1.54, 1.807) is 0 Å². The predicted octanol–water partition coefficient (Wildman–Crippen LogP) is 4.21. The molecule has 0 spiro atoms. The molecule has 1 fully saturated rings. The Morgan fingerprint density at radius 2 is 1.68 bits per heavy atom. The summed E-state index contributed by atoms with van der Waals surface area (Å²) in [4.78, 5) is 2.59. The van der Waals surface area contributed by atoms with E-state index in [2.05, 4.69) is 75.2 Å². The zero-order valence-corrected chi connectivity index (χ0v) is 15.1. The standard InChI is InChI=1S/C20H34N2/c1-16(2)22-13-11-19(12-14-22)21-17(3)15-20(4,5)18-9-7-6-8-10-18/h6-10,16-17,19,21H,11-15H2,1-5H3. The minimum Gasteiger partial charge on any atom is -0.311 e. The summed E-state index contributed by atoms with van der Waals surface area (Å²) in [5, 5.41) is 3.88. The lowest BCUT2D eigenvalue weighted by Gasteiger charge is -2.37. The van der Waals surface area contributed by atoms with Gasteiger partial charge in [0, 0.05) is 18.1 Å². The van der Waals surface area contributed by atoms with Crippen LogP contribution >= 0.6 is 0 Å². The Morgan fingerprint density at radius 1 is 1.09 bits per heavy atom. The Balaban J connectivity index is 1.82. The monoisotopic (exact) mass is 302 g/mol.